The minimum atomic E-state index is -0.517. The van der Waals surface area contributed by atoms with Crippen LogP contribution in [0.25, 0.3) is 0 Å². The molecule has 0 radical (unpaired) electrons. The molecule has 0 saturated carbocycles. The number of esters is 2. The highest BCUT2D eigenvalue weighted by Crippen LogP contribution is 2.30. The molecule has 2 aliphatic heterocycles. The van der Waals surface area contributed by atoms with Gasteiger partial charge in [0.1, 0.15) is 12.2 Å². The highest BCUT2D eigenvalue weighted by molar-refractivity contribution is 5.85. The highest BCUT2D eigenvalue weighted by atomic mass is 16.6. The van der Waals surface area contributed by atoms with E-state index in [2.05, 4.69) is 6.92 Å². The second-order valence-electron chi connectivity index (χ2n) is 14.2. The summed E-state index contributed by atoms with van der Waals surface area (Å²) in [6.07, 6.45) is 28.7. The fourth-order valence-electron chi connectivity index (χ4n) is 7.10. The summed E-state index contributed by atoms with van der Waals surface area (Å²) in [4.78, 5) is 23.1. The lowest BCUT2D eigenvalue weighted by Gasteiger charge is -2.27. The van der Waals surface area contributed by atoms with E-state index in [4.69, 9.17) is 14.2 Å². The van der Waals surface area contributed by atoms with Gasteiger partial charge in [0, 0.05) is 19.4 Å². The number of unbranched alkanes of at least 4 members (excludes halogenated alkanes) is 18. The van der Waals surface area contributed by atoms with Crippen molar-refractivity contribution in [3.8, 4) is 0 Å². The van der Waals surface area contributed by atoms with Gasteiger partial charge in [0.2, 0.25) is 0 Å². The smallest absolute Gasteiger partial charge is 0.331 e. The van der Waals surface area contributed by atoms with Gasteiger partial charge in [-0.25, -0.2) is 4.79 Å². The van der Waals surface area contributed by atoms with E-state index in [9.17, 15) is 19.8 Å². The van der Waals surface area contributed by atoms with E-state index < -0.39 is 18.3 Å². The minimum Gasteiger partial charge on any atom is -0.460 e. The third-order valence-electron chi connectivity index (χ3n) is 9.98. The molecular weight excluding hydrogens is 580 g/mol. The molecule has 0 bridgehead atoms. The van der Waals surface area contributed by atoms with Crippen LogP contribution in [-0.2, 0) is 23.8 Å². The van der Waals surface area contributed by atoms with Crippen molar-refractivity contribution >= 4 is 11.9 Å². The fourth-order valence-corrected chi connectivity index (χ4v) is 7.10. The monoisotopic (exact) mass is 651 g/mol. The standard InChI is InChI=1S/C39H70O7/c1-4-5-6-7-8-9-14-17-20-23-26-35(42)36-27-28-37(46-36)38(45-32(3)40)30-34(41)25-22-19-16-13-11-10-12-15-18-21-24-33-29-39(43)44-31(33)2/h29,31,34-38,41-42H,4-28,30H2,1-3H3/t31-,34-,35+,36+,37+,38+/m0/s1. The largest absolute Gasteiger partial charge is 0.460 e. The Kier molecular flexibility index (Phi) is 22.6. The Balaban J connectivity index is 1.48. The maximum atomic E-state index is 11.8. The zero-order valence-corrected chi connectivity index (χ0v) is 29.9. The Bertz CT molecular complexity index is 827. The molecule has 1 saturated heterocycles. The molecule has 2 aliphatic rings. The lowest BCUT2D eigenvalue weighted by atomic mass is 9.98. The highest BCUT2D eigenvalue weighted by Gasteiger charge is 2.37. The van der Waals surface area contributed by atoms with Crippen molar-refractivity contribution in [2.75, 3.05) is 0 Å². The molecule has 7 heteroatoms. The minimum absolute atomic E-state index is 0.0400. The van der Waals surface area contributed by atoms with Crippen LogP contribution in [0.4, 0.5) is 0 Å². The first kappa shape index (κ1) is 40.7. The molecule has 0 aliphatic carbocycles. The quantitative estimate of drug-likeness (QED) is 0.0614. The van der Waals surface area contributed by atoms with Gasteiger partial charge in [-0.05, 0) is 51.0 Å². The number of rotatable bonds is 29. The maximum Gasteiger partial charge on any atom is 0.331 e. The zero-order valence-electron chi connectivity index (χ0n) is 29.9. The van der Waals surface area contributed by atoms with Crippen molar-refractivity contribution in [1.29, 1.82) is 0 Å². The van der Waals surface area contributed by atoms with Crippen LogP contribution in [-0.4, -0.2) is 58.8 Å². The van der Waals surface area contributed by atoms with Crippen molar-refractivity contribution in [3.63, 3.8) is 0 Å². The van der Waals surface area contributed by atoms with E-state index in [1.807, 2.05) is 6.92 Å². The molecular formula is C39H70O7. The summed E-state index contributed by atoms with van der Waals surface area (Å²) < 4.78 is 17.0. The number of cyclic esters (lactones) is 1. The van der Waals surface area contributed by atoms with Crippen molar-refractivity contribution in [3.05, 3.63) is 11.6 Å². The van der Waals surface area contributed by atoms with Crippen LogP contribution in [0, 0.1) is 0 Å². The van der Waals surface area contributed by atoms with Gasteiger partial charge in [0.15, 0.2) is 0 Å². The lowest BCUT2D eigenvalue weighted by Crippen LogP contribution is -2.36. The average Bonchev–Trinajstić information content (AvgIpc) is 3.64. The van der Waals surface area contributed by atoms with Gasteiger partial charge in [-0.1, -0.05) is 129 Å². The van der Waals surface area contributed by atoms with E-state index in [1.54, 1.807) is 6.08 Å². The molecule has 0 aromatic heterocycles. The summed E-state index contributed by atoms with van der Waals surface area (Å²) in [7, 11) is 0. The van der Waals surface area contributed by atoms with Gasteiger partial charge in [-0.3, -0.25) is 4.79 Å². The van der Waals surface area contributed by atoms with Crippen LogP contribution >= 0.6 is 0 Å². The van der Waals surface area contributed by atoms with Crippen LogP contribution in [0.5, 0.6) is 0 Å². The summed E-state index contributed by atoms with van der Waals surface area (Å²) in [5.74, 6) is -0.538. The number of ether oxygens (including phenoxy) is 3. The molecule has 46 heavy (non-hydrogen) atoms. The molecule has 0 spiro atoms. The van der Waals surface area contributed by atoms with Crippen molar-refractivity contribution < 1.29 is 34.0 Å². The van der Waals surface area contributed by atoms with Crippen LogP contribution in [0.2, 0.25) is 0 Å². The molecule has 2 rings (SSSR count). The summed E-state index contributed by atoms with van der Waals surface area (Å²) in [5, 5.41) is 21.5. The third kappa shape index (κ3) is 18.8. The summed E-state index contributed by atoms with van der Waals surface area (Å²) in [5.41, 5.74) is 1.14. The predicted octanol–water partition coefficient (Wildman–Crippen LogP) is 9.44. The fraction of sp³-hybridized carbons (Fsp3) is 0.897. The van der Waals surface area contributed by atoms with E-state index in [0.717, 1.165) is 63.4 Å². The normalized spacial score (nSPS) is 21.6. The molecule has 2 heterocycles. The van der Waals surface area contributed by atoms with Gasteiger partial charge < -0.3 is 24.4 Å². The van der Waals surface area contributed by atoms with Gasteiger partial charge in [-0.15, -0.1) is 0 Å². The number of hydrogen-bond donors (Lipinski definition) is 2. The van der Waals surface area contributed by atoms with Crippen LogP contribution in [0.15, 0.2) is 11.6 Å². The molecule has 0 amide bonds. The molecule has 0 unspecified atom stereocenters. The van der Waals surface area contributed by atoms with Crippen molar-refractivity contribution in [2.24, 2.45) is 0 Å². The predicted molar refractivity (Wildman–Crippen MR) is 186 cm³/mol. The summed E-state index contributed by atoms with van der Waals surface area (Å²) >= 11 is 0. The molecule has 2 N–H and O–H groups in total. The van der Waals surface area contributed by atoms with E-state index in [0.29, 0.717) is 12.8 Å². The molecule has 0 aromatic carbocycles. The SMILES string of the molecule is CCCCCCCCCCCC[C@@H](O)[C@H]1CC[C@H]([C@@H](C[C@@H](O)CCCCCCCCCCCCC2=CC(=O)O[C@H]2C)OC(C)=O)O1. The number of hydrogen-bond acceptors (Lipinski definition) is 7. The Labute approximate surface area is 281 Å². The first-order valence-corrected chi connectivity index (χ1v) is 19.4. The second-order valence-corrected chi connectivity index (χ2v) is 14.2. The zero-order chi connectivity index (χ0) is 33.4. The van der Waals surface area contributed by atoms with Gasteiger partial charge in [0.05, 0.1) is 24.4 Å². The number of carbonyl (C=O) groups excluding carboxylic acids is 2. The lowest BCUT2D eigenvalue weighted by molar-refractivity contribution is -0.159. The third-order valence-corrected chi connectivity index (χ3v) is 9.98. The summed E-state index contributed by atoms with van der Waals surface area (Å²) in [6.45, 7) is 5.62. The number of aliphatic hydroxyl groups excluding tert-OH is 2. The van der Waals surface area contributed by atoms with Crippen LogP contribution in [0.3, 0.4) is 0 Å². The number of aliphatic hydroxyl groups is 2. The average molecular weight is 651 g/mol. The first-order valence-electron chi connectivity index (χ1n) is 19.4. The van der Waals surface area contributed by atoms with E-state index in [1.165, 1.54) is 103 Å². The summed E-state index contributed by atoms with van der Waals surface area (Å²) in [6, 6.07) is 0. The number of carbonyl (C=O) groups is 2. The Morgan fingerprint density at radius 2 is 1.28 bits per heavy atom. The van der Waals surface area contributed by atoms with Gasteiger partial charge in [0.25, 0.3) is 0 Å². The Morgan fingerprint density at radius 3 is 1.80 bits per heavy atom. The Morgan fingerprint density at radius 1 is 0.783 bits per heavy atom. The Hall–Kier alpha value is -1.44. The van der Waals surface area contributed by atoms with Crippen molar-refractivity contribution in [1.82, 2.24) is 0 Å². The molecule has 268 valence electrons. The molecule has 6 atom stereocenters. The van der Waals surface area contributed by atoms with E-state index >= 15 is 0 Å². The van der Waals surface area contributed by atoms with Gasteiger partial charge in [-0.2, -0.15) is 0 Å². The first-order chi connectivity index (χ1) is 22.3. The molecule has 7 nitrogen and oxygen atoms in total. The second kappa shape index (κ2) is 25.6. The van der Waals surface area contributed by atoms with Gasteiger partial charge >= 0.3 is 11.9 Å². The van der Waals surface area contributed by atoms with E-state index in [-0.39, 0.29) is 30.3 Å². The topological polar surface area (TPSA) is 102 Å². The molecule has 0 aromatic rings. The van der Waals surface area contributed by atoms with Crippen molar-refractivity contribution in [2.45, 2.75) is 224 Å². The molecule has 1 fully saturated rings. The van der Waals surface area contributed by atoms with Crippen LogP contribution < -0.4 is 0 Å². The van der Waals surface area contributed by atoms with Crippen LogP contribution in [0.1, 0.15) is 188 Å². The maximum absolute atomic E-state index is 11.8.